The summed E-state index contributed by atoms with van der Waals surface area (Å²) in [5, 5.41) is 3.50. The van der Waals surface area contributed by atoms with Crippen LogP contribution in [0.5, 0.6) is 11.5 Å². The summed E-state index contributed by atoms with van der Waals surface area (Å²) in [6.45, 7) is 3.71. The Morgan fingerprint density at radius 1 is 1.22 bits per heavy atom. The molecule has 0 aromatic heterocycles. The molecule has 1 aromatic carbocycles. The van der Waals surface area contributed by atoms with Gasteiger partial charge in [0.25, 0.3) is 0 Å². The fraction of sp³-hybridized carbons (Fsp3) is 0.600. The summed E-state index contributed by atoms with van der Waals surface area (Å²) in [4.78, 5) is 0. The van der Waals surface area contributed by atoms with E-state index in [4.69, 9.17) is 9.47 Å². The van der Waals surface area contributed by atoms with E-state index in [2.05, 4.69) is 11.4 Å². The molecule has 0 spiro atoms. The minimum atomic E-state index is 0.655. The van der Waals surface area contributed by atoms with E-state index >= 15 is 0 Å². The van der Waals surface area contributed by atoms with Crippen LogP contribution in [0.2, 0.25) is 0 Å². The van der Waals surface area contributed by atoms with Crippen LogP contribution < -0.4 is 14.8 Å². The minimum absolute atomic E-state index is 0.655. The first-order chi connectivity index (χ1) is 8.83. The molecule has 100 valence electrons. The molecule has 1 N–H and O–H groups in total. The summed E-state index contributed by atoms with van der Waals surface area (Å²) in [5.41, 5.74) is 1.12. The van der Waals surface area contributed by atoms with Crippen molar-refractivity contribution in [3.63, 3.8) is 0 Å². The van der Waals surface area contributed by atoms with Crippen LogP contribution in [0.1, 0.15) is 32.6 Å². The van der Waals surface area contributed by atoms with Gasteiger partial charge in [-0.15, -0.1) is 0 Å². The lowest BCUT2D eigenvalue weighted by Gasteiger charge is -2.14. The summed E-state index contributed by atoms with van der Waals surface area (Å²) in [6.07, 6.45) is 5.50. The van der Waals surface area contributed by atoms with Crippen molar-refractivity contribution in [3.8, 4) is 11.5 Å². The molecule has 0 heterocycles. The van der Waals surface area contributed by atoms with Gasteiger partial charge in [-0.3, -0.25) is 0 Å². The number of ether oxygens (including phenoxy) is 2. The standard InChI is InChI=1S/C15H23NO2/c1-3-18-15-10-13(8-9-14(15)17-2)16-11-12-6-4-5-7-12/h8-10,12,16H,3-7,11H2,1-2H3. The maximum absolute atomic E-state index is 5.58. The van der Waals surface area contributed by atoms with E-state index in [9.17, 15) is 0 Å². The number of hydrogen-bond acceptors (Lipinski definition) is 3. The Morgan fingerprint density at radius 3 is 2.67 bits per heavy atom. The molecule has 1 saturated carbocycles. The number of methoxy groups -OCH3 is 1. The minimum Gasteiger partial charge on any atom is -0.493 e. The van der Waals surface area contributed by atoms with E-state index in [1.807, 2.05) is 19.1 Å². The quantitative estimate of drug-likeness (QED) is 0.834. The summed E-state index contributed by atoms with van der Waals surface area (Å²) >= 11 is 0. The number of rotatable bonds is 6. The third-order valence-corrected chi connectivity index (χ3v) is 3.53. The van der Waals surface area contributed by atoms with Gasteiger partial charge < -0.3 is 14.8 Å². The lowest BCUT2D eigenvalue weighted by molar-refractivity contribution is 0.311. The molecule has 0 saturated heterocycles. The van der Waals surface area contributed by atoms with Crippen LogP contribution in [0, 0.1) is 5.92 Å². The molecule has 1 aliphatic rings. The van der Waals surface area contributed by atoms with Gasteiger partial charge >= 0.3 is 0 Å². The first-order valence-corrected chi connectivity index (χ1v) is 6.88. The third kappa shape index (κ3) is 3.31. The average Bonchev–Trinajstić information content (AvgIpc) is 2.90. The molecule has 0 bridgehead atoms. The molecule has 0 radical (unpaired) electrons. The summed E-state index contributed by atoms with van der Waals surface area (Å²) < 4.78 is 10.9. The molecule has 1 fully saturated rings. The van der Waals surface area contributed by atoms with Gasteiger partial charge in [-0.1, -0.05) is 12.8 Å². The van der Waals surface area contributed by atoms with Gasteiger partial charge in [0.05, 0.1) is 13.7 Å². The van der Waals surface area contributed by atoms with Crippen molar-refractivity contribution >= 4 is 5.69 Å². The summed E-state index contributed by atoms with van der Waals surface area (Å²) in [5.74, 6) is 2.45. The van der Waals surface area contributed by atoms with Crippen LogP contribution in [-0.4, -0.2) is 20.3 Å². The number of nitrogens with one attached hydrogen (secondary N) is 1. The topological polar surface area (TPSA) is 30.5 Å². The van der Waals surface area contributed by atoms with Crippen molar-refractivity contribution in [3.05, 3.63) is 18.2 Å². The highest BCUT2D eigenvalue weighted by molar-refractivity contribution is 5.54. The molecule has 0 aliphatic heterocycles. The monoisotopic (exact) mass is 249 g/mol. The Morgan fingerprint density at radius 2 is 2.00 bits per heavy atom. The highest BCUT2D eigenvalue weighted by atomic mass is 16.5. The van der Waals surface area contributed by atoms with Gasteiger partial charge in [-0.2, -0.15) is 0 Å². The normalized spacial score (nSPS) is 15.7. The maximum atomic E-state index is 5.58. The van der Waals surface area contributed by atoms with Crippen molar-refractivity contribution in [2.75, 3.05) is 25.6 Å². The average molecular weight is 249 g/mol. The van der Waals surface area contributed by atoms with Gasteiger partial charge in [0.2, 0.25) is 0 Å². The number of benzene rings is 1. The van der Waals surface area contributed by atoms with Crippen LogP contribution in [-0.2, 0) is 0 Å². The molecule has 0 unspecified atom stereocenters. The van der Waals surface area contributed by atoms with Crippen LogP contribution in [0.25, 0.3) is 0 Å². The molecule has 0 atom stereocenters. The van der Waals surface area contributed by atoms with Gasteiger partial charge in [-0.05, 0) is 37.8 Å². The second-order valence-electron chi connectivity index (χ2n) is 4.83. The predicted molar refractivity (Wildman–Crippen MR) is 74.6 cm³/mol. The fourth-order valence-corrected chi connectivity index (χ4v) is 2.53. The molecular weight excluding hydrogens is 226 g/mol. The van der Waals surface area contributed by atoms with Crippen molar-refractivity contribution in [1.82, 2.24) is 0 Å². The lowest BCUT2D eigenvalue weighted by Crippen LogP contribution is -2.11. The van der Waals surface area contributed by atoms with Crippen LogP contribution >= 0.6 is 0 Å². The first kappa shape index (κ1) is 13.1. The molecule has 1 aromatic rings. The molecule has 1 aliphatic carbocycles. The summed E-state index contributed by atoms with van der Waals surface area (Å²) in [6, 6.07) is 6.04. The van der Waals surface area contributed by atoms with Crippen molar-refractivity contribution < 1.29 is 9.47 Å². The Kier molecular flexibility index (Phi) is 4.73. The third-order valence-electron chi connectivity index (χ3n) is 3.53. The zero-order chi connectivity index (χ0) is 12.8. The largest absolute Gasteiger partial charge is 0.493 e. The maximum Gasteiger partial charge on any atom is 0.163 e. The van der Waals surface area contributed by atoms with E-state index in [-0.39, 0.29) is 0 Å². The second-order valence-corrected chi connectivity index (χ2v) is 4.83. The van der Waals surface area contributed by atoms with Crippen LogP contribution in [0.4, 0.5) is 5.69 Å². The highest BCUT2D eigenvalue weighted by Crippen LogP contribution is 2.31. The van der Waals surface area contributed by atoms with Crippen LogP contribution in [0.15, 0.2) is 18.2 Å². The van der Waals surface area contributed by atoms with E-state index in [1.165, 1.54) is 25.7 Å². The van der Waals surface area contributed by atoms with E-state index in [0.717, 1.165) is 29.6 Å². The van der Waals surface area contributed by atoms with Gasteiger partial charge in [0.15, 0.2) is 11.5 Å². The van der Waals surface area contributed by atoms with Gasteiger partial charge in [-0.25, -0.2) is 0 Å². The molecule has 2 rings (SSSR count). The highest BCUT2D eigenvalue weighted by Gasteiger charge is 2.14. The molecule has 3 nitrogen and oxygen atoms in total. The zero-order valence-corrected chi connectivity index (χ0v) is 11.4. The molecule has 3 heteroatoms. The van der Waals surface area contributed by atoms with Crippen molar-refractivity contribution in [1.29, 1.82) is 0 Å². The molecule has 18 heavy (non-hydrogen) atoms. The van der Waals surface area contributed by atoms with Gasteiger partial charge in [0, 0.05) is 18.3 Å². The number of anilines is 1. The van der Waals surface area contributed by atoms with E-state index in [0.29, 0.717) is 6.61 Å². The first-order valence-electron chi connectivity index (χ1n) is 6.88. The Balaban J connectivity index is 1.96. The lowest BCUT2D eigenvalue weighted by atomic mass is 10.1. The van der Waals surface area contributed by atoms with E-state index in [1.54, 1.807) is 7.11 Å². The molecular formula is C15H23NO2. The van der Waals surface area contributed by atoms with E-state index < -0.39 is 0 Å². The Hall–Kier alpha value is -1.38. The fourth-order valence-electron chi connectivity index (χ4n) is 2.53. The zero-order valence-electron chi connectivity index (χ0n) is 11.4. The number of hydrogen-bond donors (Lipinski definition) is 1. The Bertz CT molecular complexity index is 373. The van der Waals surface area contributed by atoms with Crippen molar-refractivity contribution in [2.24, 2.45) is 5.92 Å². The SMILES string of the molecule is CCOc1cc(NCC2CCCC2)ccc1OC. The smallest absolute Gasteiger partial charge is 0.163 e. The Labute approximate surface area is 109 Å². The van der Waals surface area contributed by atoms with Crippen LogP contribution in [0.3, 0.4) is 0 Å². The van der Waals surface area contributed by atoms with Crippen molar-refractivity contribution in [2.45, 2.75) is 32.6 Å². The van der Waals surface area contributed by atoms with Gasteiger partial charge in [0.1, 0.15) is 0 Å². The summed E-state index contributed by atoms with van der Waals surface area (Å²) in [7, 11) is 1.67. The molecule has 0 amide bonds. The second kappa shape index (κ2) is 6.53. The predicted octanol–water partition coefficient (Wildman–Crippen LogP) is 3.70.